The van der Waals surface area contributed by atoms with Crippen molar-refractivity contribution in [3.05, 3.63) is 95.9 Å². The largest absolute Gasteiger partial charge is 1.00 e. The van der Waals surface area contributed by atoms with E-state index in [1.807, 2.05) is 36.4 Å². The molecule has 1 aliphatic carbocycles. The van der Waals surface area contributed by atoms with E-state index in [9.17, 15) is 14.4 Å². The highest BCUT2D eigenvalue weighted by Crippen LogP contribution is 2.42. The predicted molar refractivity (Wildman–Crippen MR) is 189 cm³/mol. The first-order valence-electron chi connectivity index (χ1n) is 16.3. The summed E-state index contributed by atoms with van der Waals surface area (Å²) in [5, 5.41) is 1.86. The SMILES string of the molecule is C=C(C)C(=O)OCC(COC(=O)C(=C)C)OC(=O)c1ccccc1-c1c2ccc(=[N+](CC)CC)cc-2oc2cc(N(CC)CC)ccc12.[Cl-]. The lowest BCUT2D eigenvalue weighted by atomic mass is 9.90. The molecule has 2 aromatic carbocycles. The molecule has 0 fully saturated rings. The Hall–Kier alpha value is -4.89. The van der Waals surface area contributed by atoms with E-state index in [2.05, 4.69) is 62.5 Å². The van der Waals surface area contributed by atoms with Gasteiger partial charge in [0.05, 0.1) is 11.6 Å². The van der Waals surface area contributed by atoms with Crippen LogP contribution in [0.25, 0.3) is 33.4 Å². The van der Waals surface area contributed by atoms with Crippen molar-refractivity contribution in [3.8, 4) is 22.5 Å². The van der Waals surface area contributed by atoms with E-state index >= 15 is 0 Å². The van der Waals surface area contributed by atoms with Crippen molar-refractivity contribution in [3.63, 3.8) is 0 Å². The van der Waals surface area contributed by atoms with Crippen LogP contribution in [0.4, 0.5) is 5.69 Å². The zero-order chi connectivity index (χ0) is 35.0. The van der Waals surface area contributed by atoms with E-state index in [-0.39, 0.29) is 42.3 Å². The molecule has 0 unspecified atom stereocenters. The van der Waals surface area contributed by atoms with Gasteiger partial charge in [-0.1, -0.05) is 31.4 Å². The Morgan fingerprint density at radius 2 is 1.43 bits per heavy atom. The monoisotopic (exact) mass is 688 g/mol. The van der Waals surface area contributed by atoms with Crippen LogP contribution in [0, 0.1) is 0 Å². The lowest BCUT2D eigenvalue weighted by Crippen LogP contribution is -3.00. The molecule has 0 radical (unpaired) electrons. The van der Waals surface area contributed by atoms with Gasteiger partial charge < -0.3 is 35.9 Å². The fraction of sp³-hybridized carbons (Fsp3) is 0.333. The standard InChI is InChI=1S/C39H45N2O7.ClH/c1-9-40(10-2)27-17-19-32-34(21-27)48-35-22-28(41(11-3)12-4)18-20-33(35)36(32)30-15-13-14-16-31(30)39(44)47-29(23-45-37(42)25(5)6)24-46-38(43)26(7)8;/h13-22,29H,5,7,9-12,23-24H2,1-4,6,8H3;1H/q+1;/p-1. The van der Waals surface area contributed by atoms with Crippen molar-refractivity contribution < 1.29 is 45.4 Å². The van der Waals surface area contributed by atoms with E-state index in [1.54, 1.807) is 12.1 Å². The van der Waals surface area contributed by atoms with Crippen LogP contribution >= 0.6 is 0 Å². The molecule has 0 spiro atoms. The third-order valence-electron chi connectivity index (χ3n) is 8.13. The number of esters is 3. The van der Waals surface area contributed by atoms with Crippen LogP contribution in [0.1, 0.15) is 51.9 Å². The molecule has 10 heteroatoms. The highest BCUT2D eigenvalue weighted by molar-refractivity contribution is 6.08. The number of fused-ring (bicyclic) bond motifs is 2. The van der Waals surface area contributed by atoms with E-state index in [1.165, 1.54) is 13.8 Å². The van der Waals surface area contributed by atoms with Crippen LogP contribution in [0.3, 0.4) is 0 Å². The van der Waals surface area contributed by atoms with Crippen LogP contribution in [-0.4, -0.2) is 63.4 Å². The maximum absolute atomic E-state index is 13.9. The molecule has 2 aromatic rings. The summed E-state index contributed by atoms with van der Waals surface area (Å²) in [5.74, 6) is -1.29. The number of halogens is 1. The van der Waals surface area contributed by atoms with Crippen LogP contribution in [0.5, 0.6) is 0 Å². The maximum atomic E-state index is 13.9. The molecule has 1 aliphatic heterocycles. The van der Waals surface area contributed by atoms with Crippen molar-refractivity contribution >= 4 is 34.6 Å². The van der Waals surface area contributed by atoms with Crippen LogP contribution in [0.15, 0.2) is 89.4 Å². The summed E-state index contributed by atoms with van der Waals surface area (Å²) in [6, 6.07) is 19.4. The molecule has 0 amide bonds. The fourth-order valence-corrected chi connectivity index (χ4v) is 5.52. The summed E-state index contributed by atoms with van der Waals surface area (Å²) < 4.78 is 25.2. The van der Waals surface area contributed by atoms with Crippen LogP contribution < -0.4 is 27.2 Å². The van der Waals surface area contributed by atoms with Gasteiger partial charge in [-0.25, -0.2) is 19.0 Å². The molecular formula is C39H45ClN2O7. The number of nitrogens with zero attached hydrogens (tertiary/aromatic N) is 2. The maximum Gasteiger partial charge on any atom is 0.339 e. The van der Waals surface area contributed by atoms with Crippen molar-refractivity contribution in [2.24, 2.45) is 0 Å². The van der Waals surface area contributed by atoms with Gasteiger partial charge in [0, 0.05) is 58.6 Å². The summed E-state index contributed by atoms with van der Waals surface area (Å²) in [6.45, 7) is 21.4. The number of rotatable bonds is 14. The fourth-order valence-electron chi connectivity index (χ4n) is 5.52. The van der Waals surface area contributed by atoms with Gasteiger partial charge in [0.15, 0.2) is 6.10 Å². The molecule has 9 nitrogen and oxygen atoms in total. The van der Waals surface area contributed by atoms with Crippen molar-refractivity contribution in [1.82, 2.24) is 4.58 Å². The van der Waals surface area contributed by atoms with Gasteiger partial charge >= 0.3 is 17.9 Å². The molecule has 260 valence electrons. The molecule has 0 saturated heterocycles. The van der Waals surface area contributed by atoms with Crippen LogP contribution in [0.2, 0.25) is 0 Å². The molecule has 4 rings (SSSR count). The lowest BCUT2D eigenvalue weighted by molar-refractivity contribution is -0.148. The van der Waals surface area contributed by atoms with Gasteiger partial charge in [0.2, 0.25) is 5.36 Å². The van der Waals surface area contributed by atoms with E-state index in [0.29, 0.717) is 16.9 Å². The van der Waals surface area contributed by atoms with Gasteiger partial charge in [-0.05, 0) is 71.4 Å². The number of hydrogen-bond donors (Lipinski definition) is 0. The van der Waals surface area contributed by atoms with Crippen molar-refractivity contribution in [2.75, 3.05) is 44.3 Å². The Morgan fingerprint density at radius 1 is 0.816 bits per heavy atom. The molecule has 1 heterocycles. The Morgan fingerprint density at radius 3 is 2.00 bits per heavy atom. The quantitative estimate of drug-likeness (QED) is 0.0652. The highest BCUT2D eigenvalue weighted by atomic mass is 35.5. The number of ether oxygens (including phenoxy) is 3. The van der Waals surface area contributed by atoms with E-state index in [4.69, 9.17) is 18.6 Å². The topological polar surface area (TPSA) is 98.3 Å². The second-order valence-corrected chi connectivity index (χ2v) is 11.5. The number of carbonyl (C=O) groups is 3. The highest BCUT2D eigenvalue weighted by Gasteiger charge is 2.26. The molecular weight excluding hydrogens is 644 g/mol. The molecule has 0 atom stereocenters. The minimum Gasteiger partial charge on any atom is -1.00 e. The number of benzene rings is 3. The number of carbonyl (C=O) groups excluding carboxylic acids is 3. The second-order valence-electron chi connectivity index (χ2n) is 11.5. The van der Waals surface area contributed by atoms with Gasteiger partial charge in [0.25, 0.3) is 0 Å². The van der Waals surface area contributed by atoms with Gasteiger partial charge in [-0.15, -0.1) is 0 Å². The third kappa shape index (κ3) is 8.97. The van der Waals surface area contributed by atoms with E-state index < -0.39 is 24.0 Å². The minimum absolute atomic E-state index is 0. The summed E-state index contributed by atoms with van der Waals surface area (Å²) in [4.78, 5) is 40.5. The Bertz CT molecular complexity index is 1850. The predicted octanol–water partition coefficient (Wildman–Crippen LogP) is 3.63. The molecule has 0 saturated carbocycles. The number of anilines is 1. The second kappa shape index (κ2) is 17.5. The molecule has 0 aromatic heterocycles. The average molecular weight is 689 g/mol. The Kier molecular flexibility index (Phi) is 13.8. The summed E-state index contributed by atoms with van der Waals surface area (Å²) in [5.41, 5.74) is 4.65. The molecule has 2 aliphatic rings. The first kappa shape index (κ1) is 38.6. The normalized spacial score (nSPS) is 10.8. The van der Waals surface area contributed by atoms with Gasteiger partial charge in [0.1, 0.15) is 37.6 Å². The summed E-state index contributed by atoms with van der Waals surface area (Å²) >= 11 is 0. The van der Waals surface area contributed by atoms with Crippen molar-refractivity contribution in [1.29, 1.82) is 0 Å². The summed E-state index contributed by atoms with van der Waals surface area (Å²) in [7, 11) is 0. The molecule has 0 bridgehead atoms. The first-order valence-corrected chi connectivity index (χ1v) is 16.3. The lowest BCUT2D eigenvalue weighted by Gasteiger charge is -2.23. The number of hydrogen-bond acceptors (Lipinski definition) is 8. The third-order valence-corrected chi connectivity index (χ3v) is 8.13. The smallest absolute Gasteiger partial charge is 0.339 e. The Labute approximate surface area is 294 Å². The average Bonchev–Trinajstić information content (AvgIpc) is 3.08. The first-order chi connectivity index (χ1) is 23.0. The molecule has 49 heavy (non-hydrogen) atoms. The van der Waals surface area contributed by atoms with E-state index in [0.717, 1.165) is 53.7 Å². The van der Waals surface area contributed by atoms with Crippen molar-refractivity contribution in [2.45, 2.75) is 47.6 Å². The minimum atomic E-state index is -1.08. The Balaban J connectivity index is 0.00000650. The molecule has 0 N–H and O–H groups in total. The van der Waals surface area contributed by atoms with Gasteiger partial charge in [-0.2, -0.15) is 0 Å². The van der Waals surface area contributed by atoms with Crippen LogP contribution in [-0.2, 0) is 23.8 Å². The zero-order valence-electron chi connectivity index (χ0n) is 29.1. The van der Waals surface area contributed by atoms with Gasteiger partial charge in [-0.3, -0.25) is 0 Å². The summed E-state index contributed by atoms with van der Waals surface area (Å²) in [6.07, 6.45) is -1.08. The zero-order valence-corrected chi connectivity index (χ0v) is 29.9.